The summed E-state index contributed by atoms with van der Waals surface area (Å²) < 4.78 is 25.4. The van der Waals surface area contributed by atoms with Crippen LogP contribution in [0.4, 0.5) is 10.3 Å². The minimum Gasteiger partial charge on any atom is -0.460 e. The topological polar surface area (TPSA) is 78.3 Å². The molecule has 2 heterocycles. The van der Waals surface area contributed by atoms with Crippen molar-refractivity contribution in [2.24, 2.45) is 0 Å². The number of rotatable bonds is 6. The molecule has 0 amide bonds. The van der Waals surface area contributed by atoms with Crippen LogP contribution in [-0.2, 0) is 14.3 Å². The molecule has 0 fully saturated rings. The summed E-state index contributed by atoms with van der Waals surface area (Å²) in [6, 6.07) is 5.40. The second-order valence-electron chi connectivity index (χ2n) is 5.48. The van der Waals surface area contributed by atoms with Crippen molar-refractivity contribution in [2.45, 2.75) is 19.9 Å². The molecule has 1 aliphatic rings. The van der Waals surface area contributed by atoms with Crippen molar-refractivity contribution < 1.29 is 18.7 Å². The number of carbonyl (C=O) groups is 1. The molecule has 7 nitrogen and oxygen atoms in total. The van der Waals surface area contributed by atoms with Crippen molar-refractivity contribution in [3.63, 3.8) is 0 Å². The number of aromatic nitrogens is 3. The Balaban J connectivity index is 1.92. The normalized spacial score (nSPS) is 16.4. The van der Waals surface area contributed by atoms with Gasteiger partial charge in [-0.05, 0) is 31.5 Å². The van der Waals surface area contributed by atoms with E-state index in [2.05, 4.69) is 15.4 Å². The van der Waals surface area contributed by atoms with Gasteiger partial charge in [0.25, 0.3) is 0 Å². The minimum absolute atomic E-state index is 0.157. The fourth-order valence-corrected chi connectivity index (χ4v) is 2.72. The average molecular weight is 346 g/mol. The van der Waals surface area contributed by atoms with Crippen molar-refractivity contribution in [3.8, 4) is 0 Å². The number of esters is 1. The van der Waals surface area contributed by atoms with E-state index in [1.807, 2.05) is 6.92 Å². The first kappa shape index (κ1) is 17.1. The SMILES string of the molecule is CCOCCOC(=O)C1=C(C)Nc2ncnn2[C@@H]1c1ccc(F)cc1. The predicted molar refractivity (Wildman–Crippen MR) is 88.3 cm³/mol. The Labute approximate surface area is 144 Å². The van der Waals surface area contributed by atoms with Crippen LogP contribution in [0.15, 0.2) is 41.9 Å². The number of allylic oxidation sites excluding steroid dienone is 1. The third-order valence-electron chi connectivity index (χ3n) is 3.86. The molecule has 0 saturated heterocycles. The molecule has 1 N–H and O–H groups in total. The lowest BCUT2D eigenvalue weighted by Crippen LogP contribution is -2.30. The maximum absolute atomic E-state index is 13.3. The smallest absolute Gasteiger partial charge is 0.338 e. The zero-order valence-corrected chi connectivity index (χ0v) is 14.0. The van der Waals surface area contributed by atoms with Crippen LogP contribution < -0.4 is 5.32 Å². The molecule has 1 aromatic heterocycles. The highest BCUT2D eigenvalue weighted by molar-refractivity contribution is 5.92. The molecule has 1 aliphatic heterocycles. The Morgan fingerprint density at radius 1 is 1.32 bits per heavy atom. The Morgan fingerprint density at radius 2 is 2.08 bits per heavy atom. The number of ether oxygens (including phenoxy) is 2. The maximum Gasteiger partial charge on any atom is 0.338 e. The van der Waals surface area contributed by atoms with Crippen molar-refractivity contribution >= 4 is 11.9 Å². The van der Waals surface area contributed by atoms with Crippen LogP contribution in [0, 0.1) is 5.82 Å². The lowest BCUT2D eigenvalue weighted by molar-refractivity contribution is -0.141. The number of anilines is 1. The van der Waals surface area contributed by atoms with Gasteiger partial charge >= 0.3 is 5.97 Å². The minimum atomic E-state index is -0.543. The summed E-state index contributed by atoms with van der Waals surface area (Å²) >= 11 is 0. The molecule has 0 spiro atoms. The van der Waals surface area contributed by atoms with Crippen LogP contribution >= 0.6 is 0 Å². The summed E-state index contributed by atoms with van der Waals surface area (Å²) in [6.45, 7) is 4.69. The van der Waals surface area contributed by atoms with Gasteiger partial charge in [0.2, 0.25) is 5.95 Å². The lowest BCUT2D eigenvalue weighted by atomic mass is 9.96. The second-order valence-corrected chi connectivity index (χ2v) is 5.48. The third kappa shape index (κ3) is 3.53. The summed E-state index contributed by atoms with van der Waals surface area (Å²) in [7, 11) is 0. The summed E-state index contributed by atoms with van der Waals surface area (Å²) in [4.78, 5) is 16.8. The largest absolute Gasteiger partial charge is 0.460 e. The van der Waals surface area contributed by atoms with Gasteiger partial charge in [0.1, 0.15) is 24.8 Å². The first-order valence-electron chi connectivity index (χ1n) is 7.99. The highest BCUT2D eigenvalue weighted by atomic mass is 19.1. The summed E-state index contributed by atoms with van der Waals surface area (Å²) in [5.41, 5.74) is 1.74. The Bertz CT molecular complexity index is 785. The molecule has 1 aromatic carbocycles. The number of hydrogen-bond acceptors (Lipinski definition) is 6. The van der Waals surface area contributed by atoms with E-state index >= 15 is 0 Å². The van der Waals surface area contributed by atoms with Crippen LogP contribution in [0.3, 0.4) is 0 Å². The number of carbonyl (C=O) groups excluding carboxylic acids is 1. The summed E-state index contributed by atoms with van der Waals surface area (Å²) in [5.74, 6) is -0.309. The van der Waals surface area contributed by atoms with Crippen LogP contribution in [-0.4, -0.2) is 40.6 Å². The second kappa shape index (κ2) is 7.43. The van der Waals surface area contributed by atoms with E-state index in [1.165, 1.54) is 18.5 Å². The van der Waals surface area contributed by atoms with Crippen LogP contribution in [0.5, 0.6) is 0 Å². The van der Waals surface area contributed by atoms with E-state index in [0.717, 1.165) is 0 Å². The molecule has 2 aromatic rings. The van der Waals surface area contributed by atoms with E-state index in [-0.39, 0.29) is 12.4 Å². The van der Waals surface area contributed by atoms with Crippen molar-refractivity contribution in [2.75, 3.05) is 25.1 Å². The maximum atomic E-state index is 13.3. The zero-order chi connectivity index (χ0) is 17.8. The van der Waals surface area contributed by atoms with Crippen molar-refractivity contribution in [1.29, 1.82) is 0 Å². The standard InChI is InChI=1S/C17H19FN4O3/c1-3-24-8-9-25-16(23)14-11(2)21-17-19-10-20-22(17)15(14)12-4-6-13(18)7-5-12/h4-7,10,15H,3,8-9H2,1-2H3,(H,19,20,21)/t15-/m1/s1. The highest BCUT2D eigenvalue weighted by Gasteiger charge is 2.34. The highest BCUT2D eigenvalue weighted by Crippen LogP contribution is 2.35. The van der Waals surface area contributed by atoms with E-state index in [1.54, 1.807) is 23.7 Å². The molecular formula is C17H19FN4O3. The van der Waals surface area contributed by atoms with E-state index in [9.17, 15) is 9.18 Å². The average Bonchev–Trinajstić information content (AvgIpc) is 3.06. The van der Waals surface area contributed by atoms with Gasteiger partial charge in [0.05, 0.1) is 12.2 Å². The molecular weight excluding hydrogens is 327 g/mol. The molecule has 3 rings (SSSR count). The van der Waals surface area contributed by atoms with Crippen molar-refractivity contribution in [1.82, 2.24) is 14.8 Å². The monoisotopic (exact) mass is 346 g/mol. The van der Waals surface area contributed by atoms with Crippen LogP contribution in [0.2, 0.25) is 0 Å². The van der Waals surface area contributed by atoms with Gasteiger partial charge in [0, 0.05) is 12.3 Å². The summed E-state index contributed by atoms with van der Waals surface area (Å²) in [5, 5.41) is 7.24. The van der Waals surface area contributed by atoms with E-state index < -0.39 is 12.0 Å². The molecule has 0 saturated carbocycles. The quantitative estimate of drug-likeness (QED) is 0.639. The number of benzene rings is 1. The molecule has 1 atom stereocenters. The number of halogens is 1. The van der Waals surface area contributed by atoms with Gasteiger partial charge < -0.3 is 14.8 Å². The third-order valence-corrected chi connectivity index (χ3v) is 3.86. The first-order valence-corrected chi connectivity index (χ1v) is 7.99. The molecule has 0 aliphatic carbocycles. The van der Waals surface area contributed by atoms with Gasteiger partial charge in [-0.25, -0.2) is 13.9 Å². The molecule has 0 bridgehead atoms. The van der Waals surface area contributed by atoms with Crippen LogP contribution in [0.1, 0.15) is 25.5 Å². The van der Waals surface area contributed by atoms with Gasteiger partial charge in [-0.1, -0.05) is 12.1 Å². The van der Waals surface area contributed by atoms with Crippen molar-refractivity contribution in [3.05, 3.63) is 53.2 Å². The fraction of sp³-hybridized carbons (Fsp3) is 0.353. The number of nitrogens with one attached hydrogen (secondary N) is 1. The zero-order valence-electron chi connectivity index (χ0n) is 14.0. The van der Waals surface area contributed by atoms with Gasteiger partial charge in [-0.15, -0.1) is 0 Å². The number of nitrogens with zero attached hydrogens (tertiary/aromatic N) is 3. The lowest BCUT2D eigenvalue weighted by Gasteiger charge is -2.28. The van der Waals surface area contributed by atoms with Gasteiger partial charge in [-0.3, -0.25) is 0 Å². The first-order chi connectivity index (χ1) is 12.1. The molecule has 0 radical (unpaired) electrons. The summed E-state index contributed by atoms with van der Waals surface area (Å²) in [6.07, 6.45) is 1.40. The van der Waals surface area contributed by atoms with Gasteiger partial charge in [-0.2, -0.15) is 10.1 Å². The predicted octanol–water partition coefficient (Wildman–Crippen LogP) is 2.29. The van der Waals surface area contributed by atoms with Crippen LogP contribution in [0.25, 0.3) is 0 Å². The Kier molecular flexibility index (Phi) is 5.08. The molecule has 0 unspecified atom stereocenters. The number of hydrogen-bond donors (Lipinski definition) is 1. The molecule has 25 heavy (non-hydrogen) atoms. The van der Waals surface area contributed by atoms with Gasteiger partial charge in [0.15, 0.2) is 0 Å². The Hall–Kier alpha value is -2.74. The van der Waals surface area contributed by atoms with E-state index in [0.29, 0.717) is 36.0 Å². The molecule has 8 heteroatoms. The Morgan fingerprint density at radius 3 is 2.80 bits per heavy atom. The van der Waals surface area contributed by atoms with E-state index in [4.69, 9.17) is 9.47 Å². The fourth-order valence-electron chi connectivity index (χ4n) is 2.72. The number of fused-ring (bicyclic) bond motifs is 1. The molecule has 132 valence electrons.